The lowest BCUT2D eigenvalue weighted by Crippen LogP contribution is -2.48. The maximum Gasteiger partial charge on any atom is 0.331 e. The predicted octanol–water partition coefficient (Wildman–Crippen LogP) is 4.07. The van der Waals surface area contributed by atoms with Gasteiger partial charge in [0.15, 0.2) is 23.6 Å². The van der Waals surface area contributed by atoms with Gasteiger partial charge in [-0.1, -0.05) is 23.3 Å². The molecule has 16 nitrogen and oxygen atoms in total. The van der Waals surface area contributed by atoms with Crippen molar-refractivity contribution in [2.45, 2.75) is 104 Å². The molecule has 318 valence electrons. The Morgan fingerprint density at radius 1 is 0.724 bits per heavy atom. The van der Waals surface area contributed by atoms with Crippen LogP contribution in [-0.4, -0.2) is 97.9 Å². The van der Waals surface area contributed by atoms with E-state index in [1.807, 2.05) is 39.8 Å². The molecule has 0 spiro atoms. The van der Waals surface area contributed by atoms with E-state index in [1.165, 1.54) is 33.1 Å². The molecule has 0 aliphatic carbocycles. The average molecular weight is 813 g/mol. The van der Waals surface area contributed by atoms with Gasteiger partial charge in [-0.05, 0) is 67.2 Å². The summed E-state index contributed by atoms with van der Waals surface area (Å²) in [7, 11) is 3.75. The predicted molar refractivity (Wildman–Crippen MR) is 215 cm³/mol. The highest BCUT2D eigenvalue weighted by Gasteiger charge is 2.28. The number of rotatable bonds is 21. The van der Waals surface area contributed by atoms with Crippen molar-refractivity contribution in [2.75, 3.05) is 34.5 Å². The summed E-state index contributed by atoms with van der Waals surface area (Å²) in [6, 6.07) is 0.564. The van der Waals surface area contributed by atoms with Crippen LogP contribution in [0, 0.1) is 0 Å². The minimum atomic E-state index is -1.23. The SMILES string of the molecule is COC(=O)[C@@H](NC(=O)CCCOc1cc2oc3cc(OCCCC(=O)N[C@@H](C(=O)OC)C(C)O)c(CC=C(C)C)c(O)c3c(=O)c2c(CC=C(C)C)c1OC)C(C)O. The van der Waals surface area contributed by atoms with E-state index in [0.29, 0.717) is 11.1 Å². The van der Waals surface area contributed by atoms with Crippen molar-refractivity contribution in [1.82, 2.24) is 10.6 Å². The van der Waals surface area contributed by atoms with Crippen molar-refractivity contribution in [3.05, 3.63) is 56.8 Å². The molecular formula is C42H56N2O14. The summed E-state index contributed by atoms with van der Waals surface area (Å²) in [5, 5.41) is 36.5. The molecule has 58 heavy (non-hydrogen) atoms. The van der Waals surface area contributed by atoms with Gasteiger partial charge in [0, 0.05) is 36.1 Å². The summed E-state index contributed by atoms with van der Waals surface area (Å²) in [5.41, 5.74) is 2.37. The largest absolute Gasteiger partial charge is 0.507 e. The zero-order chi connectivity index (χ0) is 43.3. The van der Waals surface area contributed by atoms with Crippen LogP contribution in [0.4, 0.5) is 0 Å². The van der Waals surface area contributed by atoms with Crippen LogP contribution in [-0.2, 0) is 41.5 Å². The number of allylic oxidation sites excluding steroid dienone is 4. The lowest BCUT2D eigenvalue weighted by Gasteiger charge is -2.19. The number of esters is 2. The van der Waals surface area contributed by atoms with Crippen LogP contribution in [0.1, 0.15) is 78.4 Å². The zero-order valence-electron chi connectivity index (χ0n) is 34.6. The molecule has 4 atom stereocenters. The fourth-order valence-corrected chi connectivity index (χ4v) is 6.00. The molecule has 0 saturated heterocycles. The first-order chi connectivity index (χ1) is 27.4. The number of hydrogen-bond donors (Lipinski definition) is 5. The lowest BCUT2D eigenvalue weighted by atomic mass is 9.98. The Hall–Kier alpha value is -5.61. The zero-order valence-corrected chi connectivity index (χ0v) is 34.6. The first kappa shape index (κ1) is 46.8. The topological polar surface area (TPSA) is 229 Å². The number of phenolic OH excluding ortho intramolecular Hbond substituents is 1. The number of aliphatic hydroxyl groups excluding tert-OH is 2. The molecule has 5 N–H and O–H groups in total. The Balaban J connectivity index is 2.03. The number of methoxy groups -OCH3 is 3. The number of hydrogen-bond acceptors (Lipinski definition) is 14. The number of carbonyl (C=O) groups is 4. The molecule has 2 aromatic carbocycles. The first-order valence-corrected chi connectivity index (χ1v) is 18.9. The molecule has 0 aliphatic heterocycles. The summed E-state index contributed by atoms with van der Waals surface area (Å²) >= 11 is 0. The molecule has 1 aromatic heterocycles. The van der Waals surface area contributed by atoms with E-state index in [1.54, 1.807) is 0 Å². The smallest absolute Gasteiger partial charge is 0.331 e. The average Bonchev–Trinajstić information content (AvgIpc) is 3.16. The van der Waals surface area contributed by atoms with Crippen molar-refractivity contribution in [2.24, 2.45) is 0 Å². The highest BCUT2D eigenvalue weighted by molar-refractivity contribution is 5.98. The summed E-state index contributed by atoms with van der Waals surface area (Å²) in [5.74, 6) is -2.17. The van der Waals surface area contributed by atoms with Crippen molar-refractivity contribution in [3.63, 3.8) is 0 Å². The summed E-state index contributed by atoms with van der Waals surface area (Å²) in [6.07, 6.45) is 2.22. The third kappa shape index (κ3) is 12.2. The van der Waals surface area contributed by atoms with E-state index in [2.05, 4.69) is 20.1 Å². The molecule has 2 unspecified atom stereocenters. The summed E-state index contributed by atoms with van der Waals surface area (Å²) in [4.78, 5) is 63.5. The third-order valence-corrected chi connectivity index (χ3v) is 9.06. The number of carbonyl (C=O) groups excluding carboxylic acids is 4. The Morgan fingerprint density at radius 2 is 1.17 bits per heavy atom. The monoisotopic (exact) mass is 812 g/mol. The van der Waals surface area contributed by atoms with E-state index >= 15 is 0 Å². The van der Waals surface area contributed by atoms with Crippen LogP contribution < -0.4 is 30.3 Å². The molecule has 0 bridgehead atoms. The standard InChI is InChI=1S/C42H56N2O14/c1-22(2)14-16-26-28(56-18-10-12-32(47)43-36(24(5)45)41(51)54-8)20-30-35(38(26)49)39(50)34-27(17-15-23(3)4)40(53-7)31(21-29(34)58-30)57-19-11-13-33(48)44-37(25(6)46)42(52)55-9/h14-15,20-21,24-25,36-37,45-46,49H,10-13,16-19H2,1-9H3,(H,43,47)(H,44,48)/t24?,25?,36-,37+/m1/s1. The second-order valence-electron chi connectivity index (χ2n) is 14.3. The van der Waals surface area contributed by atoms with E-state index in [9.17, 15) is 39.3 Å². The molecule has 0 fully saturated rings. The maximum absolute atomic E-state index is 14.5. The number of fused-ring (bicyclic) bond motifs is 2. The second kappa shape index (κ2) is 21.8. The van der Waals surface area contributed by atoms with Crippen LogP contribution in [0.5, 0.6) is 23.0 Å². The summed E-state index contributed by atoms with van der Waals surface area (Å²) in [6.45, 7) is 10.4. The van der Waals surface area contributed by atoms with Crippen LogP contribution in [0.25, 0.3) is 21.9 Å². The number of nitrogens with one attached hydrogen (secondary N) is 2. The second-order valence-corrected chi connectivity index (χ2v) is 14.3. The summed E-state index contributed by atoms with van der Waals surface area (Å²) < 4.78 is 33.6. The Kier molecular flexibility index (Phi) is 17.6. The minimum absolute atomic E-state index is 0.0119. The number of benzene rings is 2. The van der Waals surface area contributed by atoms with Gasteiger partial charge < -0.3 is 54.1 Å². The molecule has 2 amide bonds. The van der Waals surface area contributed by atoms with E-state index in [4.69, 9.17) is 18.6 Å². The quantitative estimate of drug-likeness (QED) is 0.0442. The van der Waals surface area contributed by atoms with Gasteiger partial charge in [-0.3, -0.25) is 14.4 Å². The van der Waals surface area contributed by atoms with E-state index in [0.717, 1.165) is 25.4 Å². The Bertz CT molecular complexity index is 2070. The Labute approximate surface area is 337 Å². The first-order valence-electron chi connectivity index (χ1n) is 18.9. The molecular weight excluding hydrogens is 756 g/mol. The van der Waals surface area contributed by atoms with E-state index < -0.39 is 53.5 Å². The molecule has 16 heteroatoms. The van der Waals surface area contributed by atoms with Crippen molar-refractivity contribution in [1.29, 1.82) is 0 Å². The van der Waals surface area contributed by atoms with Crippen molar-refractivity contribution in [3.8, 4) is 23.0 Å². The van der Waals surface area contributed by atoms with Gasteiger partial charge in [0.25, 0.3) is 0 Å². The van der Waals surface area contributed by atoms with Crippen LogP contribution >= 0.6 is 0 Å². The van der Waals surface area contributed by atoms with Crippen LogP contribution in [0.2, 0.25) is 0 Å². The number of amides is 2. The van der Waals surface area contributed by atoms with Gasteiger partial charge in [0.05, 0.1) is 52.1 Å². The number of aromatic hydroxyl groups is 1. The molecule has 0 aliphatic rings. The normalized spacial score (nSPS) is 13.1. The fourth-order valence-electron chi connectivity index (χ4n) is 6.00. The highest BCUT2D eigenvalue weighted by atomic mass is 16.5. The molecule has 0 saturated carbocycles. The van der Waals surface area contributed by atoms with Gasteiger partial charge in [-0.25, -0.2) is 9.59 Å². The van der Waals surface area contributed by atoms with Gasteiger partial charge in [0.1, 0.15) is 28.1 Å². The number of phenols is 1. The van der Waals surface area contributed by atoms with Crippen LogP contribution in [0.3, 0.4) is 0 Å². The van der Waals surface area contributed by atoms with Crippen molar-refractivity contribution < 1.29 is 62.6 Å². The molecule has 1 heterocycles. The highest BCUT2D eigenvalue weighted by Crippen LogP contribution is 2.42. The molecule has 3 rings (SSSR count). The lowest BCUT2D eigenvalue weighted by molar-refractivity contribution is -0.148. The van der Waals surface area contributed by atoms with Crippen LogP contribution in [0.15, 0.2) is 44.6 Å². The minimum Gasteiger partial charge on any atom is -0.507 e. The number of aliphatic hydroxyl groups is 2. The maximum atomic E-state index is 14.5. The fraction of sp³-hybridized carbons (Fsp3) is 0.500. The number of ether oxygens (including phenoxy) is 5. The van der Waals surface area contributed by atoms with Gasteiger partial charge >= 0.3 is 11.9 Å². The molecule has 3 aromatic rings. The van der Waals surface area contributed by atoms with Gasteiger partial charge in [-0.2, -0.15) is 0 Å². The third-order valence-electron chi connectivity index (χ3n) is 9.06. The Morgan fingerprint density at radius 3 is 1.62 bits per heavy atom. The molecule has 0 radical (unpaired) electrons. The van der Waals surface area contributed by atoms with E-state index in [-0.39, 0.29) is 96.7 Å². The van der Waals surface area contributed by atoms with Gasteiger partial charge in [-0.15, -0.1) is 0 Å². The van der Waals surface area contributed by atoms with Gasteiger partial charge in [0.2, 0.25) is 17.2 Å². The van der Waals surface area contributed by atoms with Crippen molar-refractivity contribution >= 4 is 45.7 Å².